The number of benzene rings is 2. The van der Waals surface area contributed by atoms with E-state index >= 15 is 0 Å². The molecule has 0 aromatic heterocycles. The van der Waals surface area contributed by atoms with Gasteiger partial charge in [-0.3, -0.25) is 4.79 Å². The lowest BCUT2D eigenvalue weighted by Gasteiger charge is -2.38. The number of carbonyl (C=O) groups is 1. The third-order valence-corrected chi connectivity index (χ3v) is 7.08. The average Bonchev–Trinajstić information content (AvgIpc) is 2.85. The van der Waals surface area contributed by atoms with Crippen LogP contribution in [0.2, 0.25) is 0 Å². The van der Waals surface area contributed by atoms with Gasteiger partial charge >= 0.3 is 12.1 Å². The van der Waals surface area contributed by atoms with E-state index in [2.05, 4.69) is 44.7 Å². The molecule has 0 N–H and O–H groups in total. The Kier molecular flexibility index (Phi) is 10.1. The van der Waals surface area contributed by atoms with E-state index in [9.17, 15) is 18.0 Å². The first-order valence-electron chi connectivity index (χ1n) is 13.8. The molecular weight excluding hydrogens is 475 g/mol. The van der Waals surface area contributed by atoms with Crippen molar-refractivity contribution in [2.45, 2.75) is 91.3 Å². The van der Waals surface area contributed by atoms with Crippen LogP contribution in [0.3, 0.4) is 0 Å². The van der Waals surface area contributed by atoms with E-state index in [1.54, 1.807) is 0 Å². The largest absolute Gasteiger partial charge is 0.466 e. The first-order valence-corrected chi connectivity index (χ1v) is 13.8. The normalized spacial score (nSPS) is 15.7. The molecule has 0 radical (unpaired) electrons. The highest BCUT2D eigenvalue weighted by molar-refractivity contribution is 5.81. The summed E-state index contributed by atoms with van der Waals surface area (Å²) in [7, 11) is 0. The van der Waals surface area contributed by atoms with Crippen molar-refractivity contribution in [2.24, 2.45) is 11.8 Å². The number of rotatable bonds is 10. The van der Waals surface area contributed by atoms with Crippen LogP contribution < -0.4 is 4.90 Å². The molecule has 0 amide bonds. The summed E-state index contributed by atoms with van der Waals surface area (Å²) in [4.78, 5) is 15.6. The van der Waals surface area contributed by atoms with Crippen molar-refractivity contribution >= 4 is 11.7 Å². The third kappa shape index (κ3) is 7.99. The van der Waals surface area contributed by atoms with Gasteiger partial charge in [0.25, 0.3) is 0 Å². The molecule has 1 aliphatic carbocycles. The molecule has 204 valence electrons. The van der Waals surface area contributed by atoms with Gasteiger partial charge in [-0.05, 0) is 79.0 Å². The molecule has 3 nitrogen and oxygen atoms in total. The highest BCUT2D eigenvalue weighted by atomic mass is 19.4. The lowest BCUT2D eigenvalue weighted by molar-refractivity contribution is -0.145. The summed E-state index contributed by atoms with van der Waals surface area (Å²) in [6, 6.07) is 11.9. The molecular formula is C31H42F3NO2. The first kappa shape index (κ1) is 29.1. The lowest BCUT2D eigenvalue weighted by atomic mass is 9.87. The van der Waals surface area contributed by atoms with Crippen LogP contribution in [0.4, 0.5) is 18.9 Å². The third-order valence-electron chi connectivity index (χ3n) is 7.08. The minimum Gasteiger partial charge on any atom is -0.466 e. The number of halogens is 3. The fourth-order valence-electron chi connectivity index (χ4n) is 5.35. The monoisotopic (exact) mass is 517 g/mol. The van der Waals surface area contributed by atoms with E-state index in [1.165, 1.54) is 31.4 Å². The summed E-state index contributed by atoms with van der Waals surface area (Å²) in [5.74, 6) is 0.0365. The van der Waals surface area contributed by atoms with E-state index in [4.69, 9.17) is 4.74 Å². The van der Waals surface area contributed by atoms with Gasteiger partial charge in [0.05, 0.1) is 18.1 Å². The number of carbonyl (C=O) groups excluding carboxylic acids is 1. The minimum absolute atomic E-state index is 0.250. The van der Waals surface area contributed by atoms with Crippen LogP contribution in [-0.2, 0) is 15.7 Å². The van der Waals surface area contributed by atoms with Crippen molar-refractivity contribution in [2.75, 3.05) is 18.1 Å². The van der Waals surface area contributed by atoms with E-state index in [1.807, 2.05) is 13.0 Å². The molecule has 1 unspecified atom stereocenters. The topological polar surface area (TPSA) is 29.5 Å². The van der Waals surface area contributed by atoms with Gasteiger partial charge in [0.15, 0.2) is 0 Å². The molecule has 0 heterocycles. The quantitative estimate of drug-likeness (QED) is 0.295. The van der Waals surface area contributed by atoms with Gasteiger partial charge in [-0.2, -0.15) is 13.2 Å². The molecule has 6 heteroatoms. The molecule has 0 spiro atoms. The van der Waals surface area contributed by atoms with E-state index in [-0.39, 0.29) is 11.9 Å². The van der Waals surface area contributed by atoms with E-state index in [0.717, 1.165) is 48.3 Å². The number of nitrogens with zero attached hydrogens (tertiary/aromatic N) is 1. The fraction of sp³-hybridized carbons (Fsp3) is 0.581. The van der Waals surface area contributed by atoms with Crippen LogP contribution in [0.1, 0.15) is 90.2 Å². The van der Waals surface area contributed by atoms with E-state index in [0.29, 0.717) is 30.6 Å². The highest BCUT2D eigenvalue weighted by Crippen LogP contribution is 2.37. The molecule has 2 aromatic rings. The zero-order valence-corrected chi connectivity index (χ0v) is 22.9. The Balaban J connectivity index is 2.15. The van der Waals surface area contributed by atoms with Crippen LogP contribution in [-0.4, -0.2) is 25.2 Å². The Morgan fingerprint density at radius 3 is 2.14 bits per heavy atom. The Bertz CT molecular complexity index is 1010. The Morgan fingerprint density at radius 2 is 1.59 bits per heavy atom. The lowest BCUT2D eigenvalue weighted by Crippen LogP contribution is -2.39. The zero-order chi connectivity index (χ0) is 27.2. The van der Waals surface area contributed by atoms with Crippen molar-refractivity contribution in [1.82, 2.24) is 0 Å². The smallest absolute Gasteiger partial charge is 0.416 e. The summed E-state index contributed by atoms with van der Waals surface area (Å²) in [5.41, 5.74) is 2.76. The van der Waals surface area contributed by atoms with Gasteiger partial charge in [-0.1, -0.05) is 65.2 Å². The maximum absolute atomic E-state index is 13.2. The minimum atomic E-state index is -4.38. The SMILES string of the molecule is CCOC(=O)C(CC(C)C)c1cc(-c2ccc(C(F)(F)F)cc2)cc(N(CC(C)C)C2CCCCC2)c1. The van der Waals surface area contributed by atoms with Crippen LogP contribution in [0.15, 0.2) is 42.5 Å². The number of ether oxygens (including phenoxy) is 1. The second-order valence-electron chi connectivity index (χ2n) is 11.2. The van der Waals surface area contributed by atoms with Crippen LogP contribution in [0.25, 0.3) is 11.1 Å². The first-order chi connectivity index (χ1) is 17.5. The number of anilines is 1. The Labute approximate surface area is 220 Å². The summed E-state index contributed by atoms with van der Waals surface area (Å²) >= 11 is 0. The summed E-state index contributed by atoms with van der Waals surface area (Å²) in [6.07, 6.45) is 2.16. The van der Waals surface area contributed by atoms with Gasteiger partial charge in [0.1, 0.15) is 0 Å². The Morgan fingerprint density at radius 1 is 0.946 bits per heavy atom. The molecule has 0 bridgehead atoms. The predicted octanol–water partition coefficient (Wildman–Crippen LogP) is 8.86. The van der Waals surface area contributed by atoms with Gasteiger partial charge in [0, 0.05) is 18.3 Å². The molecule has 1 saturated carbocycles. The molecule has 0 aliphatic heterocycles. The molecule has 1 atom stereocenters. The average molecular weight is 518 g/mol. The summed E-state index contributed by atoms with van der Waals surface area (Å²) in [5, 5.41) is 0. The predicted molar refractivity (Wildman–Crippen MR) is 145 cm³/mol. The molecule has 3 rings (SSSR count). The van der Waals surface area contributed by atoms with Gasteiger partial charge < -0.3 is 9.64 Å². The van der Waals surface area contributed by atoms with Gasteiger partial charge in [-0.25, -0.2) is 0 Å². The number of esters is 1. The van der Waals surface area contributed by atoms with Crippen molar-refractivity contribution in [3.8, 4) is 11.1 Å². The maximum atomic E-state index is 13.2. The fourth-order valence-corrected chi connectivity index (χ4v) is 5.35. The van der Waals surface area contributed by atoms with Crippen LogP contribution >= 0.6 is 0 Å². The summed E-state index contributed by atoms with van der Waals surface area (Å²) in [6.45, 7) is 11.6. The van der Waals surface area contributed by atoms with Crippen molar-refractivity contribution in [3.05, 3.63) is 53.6 Å². The number of hydrogen-bond donors (Lipinski definition) is 0. The van der Waals surface area contributed by atoms with Gasteiger partial charge in [0.2, 0.25) is 0 Å². The number of alkyl halides is 3. The second-order valence-corrected chi connectivity index (χ2v) is 11.2. The molecule has 1 fully saturated rings. The highest BCUT2D eigenvalue weighted by Gasteiger charge is 2.31. The number of hydrogen-bond acceptors (Lipinski definition) is 3. The second kappa shape index (κ2) is 12.8. The van der Waals surface area contributed by atoms with E-state index < -0.39 is 17.7 Å². The molecule has 0 saturated heterocycles. The molecule has 2 aromatic carbocycles. The van der Waals surface area contributed by atoms with Crippen molar-refractivity contribution < 1.29 is 22.7 Å². The molecule has 1 aliphatic rings. The van der Waals surface area contributed by atoms with Crippen molar-refractivity contribution in [3.63, 3.8) is 0 Å². The Hall–Kier alpha value is -2.50. The standard InChI is InChI=1S/C31H42F3NO2/c1-6-37-30(36)29(16-21(2)3)25-17-24(23-12-14-26(15-13-23)31(32,33)34)18-28(19-25)35(20-22(4)5)27-10-8-7-9-11-27/h12-15,17-19,21-22,27,29H,6-11,16,20H2,1-5H3. The van der Waals surface area contributed by atoms with Crippen LogP contribution in [0.5, 0.6) is 0 Å². The molecule has 37 heavy (non-hydrogen) atoms. The van der Waals surface area contributed by atoms with Crippen molar-refractivity contribution in [1.29, 1.82) is 0 Å². The maximum Gasteiger partial charge on any atom is 0.416 e. The summed E-state index contributed by atoms with van der Waals surface area (Å²) < 4.78 is 45.1. The zero-order valence-electron chi connectivity index (χ0n) is 22.9. The van der Waals surface area contributed by atoms with Gasteiger partial charge in [-0.15, -0.1) is 0 Å². The van der Waals surface area contributed by atoms with Crippen LogP contribution in [0, 0.1) is 11.8 Å².